The molecule has 0 spiro atoms. The Labute approximate surface area is 178 Å². The number of halogens is 1. The molecule has 2 aromatic carbocycles. The topological polar surface area (TPSA) is 59.8 Å². The van der Waals surface area contributed by atoms with Crippen molar-refractivity contribution in [2.75, 3.05) is 11.1 Å². The van der Waals surface area contributed by atoms with Crippen LogP contribution in [0.1, 0.15) is 23.9 Å². The molecule has 0 saturated heterocycles. The van der Waals surface area contributed by atoms with Gasteiger partial charge in [0.1, 0.15) is 11.6 Å². The first-order valence-electron chi connectivity index (χ1n) is 9.29. The zero-order valence-corrected chi connectivity index (χ0v) is 18.0. The molecule has 0 saturated carbocycles. The molecule has 0 fully saturated rings. The van der Waals surface area contributed by atoms with E-state index in [1.807, 2.05) is 11.5 Å². The van der Waals surface area contributed by atoms with E-state index in [0.717, 1.165) is 23.9 Å². The summed E-state index contributed by atoms with van der Waals surface area (Å²) >= 11 is 3.09. The maximum atomic E-state index is 13.6. The first-order chi connectivity index (χ1) is 14.1. The number of nitrogens with one attached hydrogen (secondary N) is 1. The predicted octanol–water partition coefficient (Wildman–Crippen LogP) is 4.91. The van der Waals surface area contributed by atoms with Gasteiger partial charge in [-0.25, -0.2) is 4.39 Å². The zero-order chi connectivity index (χ0) is 20.6. The first kappa shape index (κ1) is 21.4. The Kier molecular flexibility index (Phi) is 7.71. The fraction of sp³-hybridized carbons (Fsp3) is 0.286. The number of carbonyl (C=O) groups excluding carboxylic acids is 1. The average molecular weight is 431 g/mol. The van der Waals surface area contributed by atoms with Crippen molar-refractivity contribution >= 4 is 35.1 Å². The van der Waals surface area contributed by atoms with Gasteiger partial charge in [0.2, 0.25) is 5.91 Å². The molecule has 5 nitrogen and oxygen atoms in total. The van der Waals surface area contributed by atoms with Gasteiger partial charge in [-0.2, -0.15) is 0 Å². The van der Waals surface area contributed by atoms with Gasteiger partial charge in [-0.1, -0.05) is 53.7 Å². The van der Waals surface area contributed by atoms with Crippen molar-refractivity contribution < 1.29 is 9.18 Å². The lowest BCUT2D eigenvalue weighted by Crippen LogP contribution is -2.15. The molecule has 3 rings (SSSR count). The molecule has 0 aliphatic carbocycles. The molecule has 0 radical (unpaired) electrons. The number of rotatable bonds is 9. The van der Waals surface area contributed by atoms with Crippen LogP contribution in [-0.2, 0) is 22.8 Å². The van der Waals surface area contributed by atoms with Crippen molar-refractivity contribution in [3.05, 3.63) is 71.3 Å². The minimum absolute atomic E-state index is 0.142. The van der Waals surface area contributed by atoms with Crippen LogP contribution in [0.25, 0.3) is 0 Å². The van der Waals surface area contributed by atoms with Gasteiger partial charge in [-0.3, -0.25) is 4.79 Å². The van der Waals surface area contributed by atoms with E-state index >= 15 is 0 Å². The standard InChI is InChI=1S/C21H23FN4OS2/c1-3-26-19(13-28-12-16-10-8-15(2)9-11-16)24-25-21(26)29-14-20(27)23-18-7-5-4-6-17(18)22/h4-11H,3,12-14H2,1-2H3,(H,23,27). The van der Waals surface area contributed by atoms with Crippen LogP contribution < -0.4 is 5.32 Å². The number of carbonyl (C=O) groups is 1. The molecule has 1 N–H and O–H groups in total. The van der Waals surface area contributed by atoms with E-state index in [1.54, 1.807) is 23.9 Å². The minimum Gasteiger partial charge on any atom is -0.323 e. The van der Waals surface area contributed by atoms with Gasteiger partial charge in [0.05, 0.1) is 17.2 Å². The zero-order valence-electron chi connectivity index (χ0n) is 16.4. The fourth-order valence-corrected chi connectivity index (χ4v) is 4.42. The number of aryl methyl sites for hydroxylation is 1. The molecular formula is C21H23FN4OS2. The summed E-state index contributed by atoms with van der Waals surface area (Å²) in [5, 5.41) is 11.8. The van der Waals surface area contributed by atoms with E-state index in [1.165, 1.54) is 35.0 Å². The van der Waals surface area contributed by atoms with Crippen molar-refractivity contribution in [1.82, 2.24) is 14.8 Å². The minimum atomic E-state index is -0.449. The van der Waals surface area contributed by atoms with Crippen molar-refractivity contribution in [2.45, 2.75) is 37.1 Å². The van der Waals surface area contributed by atoms with Gasteiger partial charge in [-0.15, -0.1) is 22.0 Å². The van der Waals surface area contributed by atoms with Gasteiger partial charge in [0, 0.05) is 12.3 Å². The highest BCUT2D eigenvalue weighted by Crippen LogP contribution is 2.22. The SMILES string of the molecule is CCn1c(CSCc2ccc(C)cc2)nnc1SCC(=O)Nc1ccccc1F. The molecular weight excluding hydrogens is 407 g/mol. The maximum Gasteiger partial charge on any atom is 0.234 e. The normalized spacial score (nSPS) is 10.9. The first-order valence-corrected chi connectivity index (χ1v) is 11.4. The number of para-hydroxylation sites is 1. The molecule has 0 aliphatic heterocycles. The summed E-state index contributed by atoms with van der Waals surface area (Å²) in [4.78, 5) is 12.1. The summed E-state index contributed by atoms with van der Waals surface area (Å²) in [7, 11) is 0. The van der Waals surface area contributed by atoms with Crippen LogP contribution >= 0.6 is 23.5 Å². The Morgan fingerprint density at radius 3 is 2.59 bits per heavy atom. The Bertz CT molecular complexity index is 960. The monoisotopic (exact) mass is 430 g/mol. The van der Waals surface area contributed by atoms with Gasteiger partial charge in [0.15, 0.2) is 5.16 Å². The van der Waals surface area contributed by atoms with E-state index in [-0.39, 0.29) is 17.3 Å². The largest absolute Gasteiger partial charge is 0.323 e. The summed E-state index contributed by atoms with van der Waals surface area (Å²) in [6.45, 7) is 4.84. The Hall–Kier alpha value is -2.32. The van der Waals surface area contributed by atoms with Crippen LogP contribution in [0.5, 0.6) is 0 Å². The van der Waals surface area contributed by atoms with E-state index in [4.69, 9.17) is 0 Å². The van der Waals surface area contributed by atoms with Crippen LogP contribution in [0, 0.1) is 12.7 Å². The number of benzene rings is 2. The van der Waals surface area contributed by atoms with Crippen LogP contribution in [0.4, 0.5) is 10.1 Å². The van der Waals surface area contributed by atoms with E-state index < -0.39 is 5.82 Å². The van der Waals surface area contributed by atoms with Crippen molar-refractivity contribution in [3.63, 3.8) is 0 Å². The summed E-state index contributed by atoms with van der Waals surface area (Å²) in [6.07, 6.45) is 0. The van der Waals surface area contributed by atoms with E-state index in [2.05, 4.69) is 46.7 Å². The molecule has 1 aromatic heterocycles. The molecule has 1 amide bonds. The number of hydrogen-bond acceptors (Lipinski definition) is 5. The Morgan fingerprint density at radius 2 is 1.86 bits per heavy atom. The second kappa shape index (κ2) is 10.5. The quantitative estimate of drug-likeness (QED) is 0.489. The molecule has 152 valence electrons. The maximum absolute atomic E-state index is 13.6. The van der Waals surface area contributed by atoms with Crippen LogP contribution in [0.2, 0.25) is 0 Å². The Morgan fingerprint density at radius 1 is 1.10 bits per heavy atom. The summed E-state index contributed by atoms with van der Waals surface area (Å²) in [6, 6.07) is 14.6. The van der Waals surface area contributed by atoms with E-state index in [0.29, 0.717) is 5.16 Å². The van der Waals surface area contributed by atoms with Gasteiger partial charge in [0.25, 0.3) is 0 Å². The highest BCUT2D eigenvalue weighted by atomic mass is 32.2. The van der Waals surface area contributed by atoms with Crippen LogP contribution in [0.3, 0.4) is 0 Å². The van der Waals surface area contributed by atoms with Gasteiger partial charge in [-0.05, 0) is 31.5 Å². The second-order valence-electron chi connectivity index (χ2n) is 6.44. The highest BCUT2D eigenvalue weighted by Gasteiger charge is 2.14. The fourth-order valence-electron chi connectivity index (χ4n) is 2.67. The smallest absolute Gasteiger partial charge is 0.234 e. The van der Waals surface area contributed by atoms with Crippen molar-refractivity contribution in [3.8, 4) is 0 Å². The lowest BCUT2D eigenvalue weighted by Gasteiger charge is -2.08. The van der Waals surface area contributed by atoms with E-state index in [9.17, 15) is 9.18 Å². The van der Waals surface area contributed by atoms with Gasteiger partial charge < -0.3 is 9.88 Å². The number of amides is 1. The molecule has 29 heavy (non-hydrogen) atoms. The molecule has 0 atom stereocenters. The second-order valence-corrected chi connectivity index (χ2v) is 8.37. The van der Waals surface area contributed by atoms with Crippen molar-refractivity contribution in [1.29, 1.82) is 0 Å². The number of anilines is 1. The van der Waals surface area contributed by atoms with Crippen molar-refractivity contribution in [2.24, 2.45) is 0 Å². The number of thioether (sulfide) groups is 2. The lowest BCUT2D eigenvalue weighted by atomic mass is 10.2. The summed E-state index contributed by atoms with van der Waals surface area (Å²) < 4.78 is 15.7. The number of hydrogen-bond donors (Lipinski definition) is 1. The molecule has 8 heteroatoms. The van der Waals surface area contributed by atoms with Crippen LogP contribution in [0.15, 0.2) is 53.7 Å². The lowest BCUT2D eigenvalue weighted by molar-refractivity contribution is -0.113. The Balaban J connectivity index is 1.52. The number of nitrogens with zero attached hydrogens (tertiary/aromatic N) is 3. The average Bonchev–Trinajstić information content (AvgIpc) is 3.11. The molecule has 0 bridgehead atoms. The summed E-state index contributed by atoms with van der Waals surface area (Å²) in [5.74, 6) is 1.96. The van der Waals surface area contributed by atoms with Gasteiger partial charge >= 0.3 is 0 Å². The third kappa shape index (κ3) is 6.08. The third-order valence-electron chi connectivity index (χ3n) is 4.21. The third-order valence-corrected chi connectivity index (χ3v) is 6.18. The molecule has 3 aromatic rings. The highest BCUT2D eigenvalue weighted by molar-refractivity contribution is 7.99. The number of aromatic nitrogens is 3. The molecule has 0 unspecified atom stereocenters. The predicted molar refractivity (Wildman–Crippen MR) is 118 cm³/mol. The summed E-state index contributed by atoms with van der Waals surface area (Å²) in [5.41, 5.74) is 2.72. The molecule has 0 aliphatic rings. The van der Waals surface area contributed by atoms with Crippen LogP contribution in [-0.4, -0.2) is 26.4 Å². The molecule has 1 heterocycles.